The van der Waals surface area contributed by atoms with Crippen LogP contribution in [0.3, 0.4) is 0 Å². The van der Waals surface area contributed by atoms with Crippen molar-refractivity contribution in [2.75, 3.05) is 19.0 Å². The lowest BCUT2D eigenvalue weighted by Crippen LogP contribution is -2.28. The zero-order chi connectivity index (χ0) is 13.9. The van der Waals surface area contributed by atoms with Gasteiger partial charge in [0.05, 0.1) is 6.20 Å². The van der Waals surface area contributed by atoms with E-state index in [0.29, 0.717) is 36.3 Å². The van der Waals surface area contributed by atoms with Crippen molar-refractivity contribution in [3.63, 3.8) is 0 Å². The maximum atomic E-state index is 12.4. The molecule has 2 heterocycles. The highest BCUT2D eigenvalue weighted by atomic mass is 35.5. The van der Waals surface area contributed by atoms with E-state index in [4.69, 9.17) is 11.6 Å². The summed E-state index contributed by atoms with van der Waals surface area (Å²) in [4.78, 5) is 0.291. The third kappa shape index (κ3) is 3.30. The van der Waals surface area contributed by atoms with Crippen LogP contribution >= 0.6 is 11.6 Å². The van der Waals surface area contributed by atoms with Gasteiger partial charge in [0.1, 0.15) is 4.90 Å². The van der Waals surface area contributed by atoms with Gasteiger partial charge in [0.25, 0.3) is 0 Å². The quantitative estimate of drug-likeness (QED) is 0.755. The molecule has 108 valence electrons. The second-order valence-corrected chi connectivity index (χ2v) is 7.22. The number of alkyl halides is 1. The van der Waals surface area contributed by atoms with Crippen LogP contribution in [0.4, 0.5) is 0 Å². The molecule has 0 spiro atoms. The Morgan fingerprint density at radius 3 is 2.95 bits per heavy atom. The van der Waals surface area contributed by atoms with Crippen molar-refractivity contribution in [2.24, 2.45) is 5.92 Å². The van der Waals surface area contributed by atoms with E-state index in [-0.39, 0.29) is 0 Å². The van der Waals surface area contributed by atoms with Gasteiger partial charge in [0, 0.05) is 31.7 Å². The molecule has 0 amide bonds. The predicted molar refractivity (Wildman–Crippen MR) is 74.7 cm³/mol. The van der Waals surface area contributed by atoms with Crippen molar-refractivity contribution >= 4 is 21.6 Å². The van der Waals surface area contributed by atoms with Gasteiger partial charge in [-0.1, -0.05) is 13.3 Å². The molecular formula is C12H20ClN3O2S. The Balaban J connectivity index is 2.09. The Hall–Kier alpha value is -0.590. The lowest BCUT2D eigenvalue weighted by atomic mass is 10.1. The Morgan fingerprint density at radius 2 is 2.32 bits per heavy atom. The molecular weight excluding hydrogens is 286 g/mol. The van der Waals surface area contributed by atoms with Crippen molar-refractivity contribution in [2.45, 2.75) is 37.6 Å². The van der Waals surface area contributed by atoms with Gasteiger partial charge in [0.2, 0.25) is 10.0 Å². The molecule has 5 nitrogen and oxygen atoms in total. The first-order chi connectivity index (χ1) is 9.07. The van der Waals surface area contributed by atoms with Crippen LogP contribution < -0.4 is 0 Å². The highest BCUT2D eigenvalue weighted by Crippen LogP contribution is 2.25. The lowest BCUT2D eigenvalue weighted by molar-refractivity contribution is 0.453. The topological polar surface area (TPSA) is 55.2 Å². The maximum absolute atomic E-state index is 12.4. The van der Waals surface area contributed by atoms with E-state index in [2.05, 4.69) is 12.0 Å². The zero-order valence-corrected chi connectivity index (χ0v) is 12.7. The number of sulfonamides is 1. The minimum absolute atomic E-state index is 0.291. The third-order valence-corrected chi connectivity index (χ3v) is 5.68. The van der Waals surface area contributed by atoms with Gasteiger partial charge in [0.15, 0.2) is 0 Å². The molecule has 1 aliphatic rings. The molecule has 0 aromatic carbocycles. The standard InChI is InChI=1S/C12H20ClN3O2S/c1-2-11-4-7-16(9-11)19(17,18)12-8-14-15(10-12)6-3-5-13/h8,10-11H,2-7,9H2,1H3. The van der Waals surface area contributed by atoms with E-state index in [9.17, 15) is 8.42 Å². The van der Waals surface area contributed by atoms with Gasteiger partial charge < -0.3 is 0 Å². The fourth-order valence-electron chi connectivity index (χ4n) is 2.32. The summed E-state index contributed by atoms with van der Waals surface area (Å²) in [6.45, 7) is 4.00. The minimum atomic E-state index is -3.37. The average Bonchev–Trinajstić information content (AvgIpc) is 3.05. The smallest absolute Gasteiger partial charge is 0.246 e. The first-order valence-electron chi connectivity index (χ1n) is 6.66. The van der Waals surface area contributed by atoms with Crippen molar-refractivity contribution in [3.05, 3.63) is 12.4 Å². The monoisotopic (exact) mass is 305 g/mol. The van der Waals surface area contributed by atoms with Crippen LogP contribution in [-0.4, -0.2) is 41.5 Å². The summed E-state index contributed by atoms with van der Waals surface area (Å²) in [6.07, 6.45) is 5.80. The second kappa shape index (κ2) is 6.24. The Morgan fingerprint density at radius 1 is 1.53 bits per heavy atom. The largest absolute Gasteiger partial charge is 0.271 e. The molecule has 1 fully saturated rings. The number of nitrogens with zero attached hydrogens (tertiary/aromatic N) is 3. The predicted octanol–water partition coefficient (Wildman–Crippen LogP) is 1.93. The number of aryl methyl sites for hydroxylation is 1. The second-order valence-electron chi connectivity index (χ2n) is 4.91. The van der Waals surface area contributed by atoms with Crippen molar-refractivity contribution in [1.82, 2.24) is 14.1 Å². The van der Waals surface area contributed by atoms with Crippen molar-refractivity contribution in [1.29, 1.82) is 0 Å². The number of halogens is 1. The summed E-state index contributed by atoms with van der Waals surface area (Å²) < 4.78 is 28.1. The van der Waals surface area contributed by atoms with Crippen LogP contribution in [0.5, 0.6) is 0 Å². The summed E-state index contributed by atoms with van der Waals surface area (Å²) >= 11 is 5.62. The highest BCUT2D eigenvalue weighted by molar-refractivity contribution is 7.89. The molecule has 1 aromatic rings. The lowest BCUT2D eigenvalue weighted by Gasteiger charge is -2.14. The van der Waals surface area contributed by atoms with Gasteiger partial charge in [-0.2, -0.15) is 9.40 Å². The summed E-state index contributed by atoms with van der Waals surface area (Å²) in [6, 6.07) is 0. The van der Waals surface area contributed by atoms with Gasteiger partial charge in [-0.25, -0.2) is 8.42 Å². The van der Waals surface area contributed by atoms with E-state index in [0.717, 1.165) is 19.3 Å². The van der Waals surface area contributed by atoms with Crippen LogP contribution in [0.1, 0.15) is 26.2 Å². The number of aromatic nitrogens is 2. The molecule has 1 saturated heterocycles. The molecule has 7 heteroatoms. The number of rotatable bonds is 6. The fraction of sp³-hybridized carbons (Fsp3) is 0.750. The average molecular weight is 306 g/mol. The van der Waals surface area contributed by atoms with E-state index >= 15 is 0 Å². The summed E-state index contributed by atoms with van der Waals surface area (Å²) in [5.41, 5.74) is 0. The molecule has 1 aliphatic heterocycles. The van der Waals surface area contributed by atoms with Crippen LogP contribution in [0.2, 0.25) is 0 Å². The van der Waals surface area contributed by atoms with Crippen molar-refractivity contribution in [3.8, 4) is 0 Å². The minimum Gasteiger partial charge on any atom is -0.271 e. The summed E-state index contributed by atoms with van der Waals surface area (Å²) in [7, 11) is -3.37. The molecule has 1 atom stereocenters. The normalized spacial score (nSPS) is 21.1. The molecule has 1 aromatic heterocycles. The van der Waals surface area contributed by atoms with Crippen LogP contribution in [0, 0.1) is 5.92 Å². The van der Waals surface area contributed by atoms with Crippen LogP contribution in [-0.2, 0) is 16.6 Å². The SMILES string of the molecule is CCC1CCN(S(=O)(=O)c2cnn(CCCCl)c2)C1. The molecule has 2 rings (SSSR count). The first-order valence-corrected chi connectivity index (χ1v) is 8.64. The Kier molecular flexibility index (Phi) is 4.86. The molecule has 0 bridgehead atoms. The summed E-state index contributed by atoms with van der Waals surface area (Å²) in [5.74, 6) is 1.03. The van der Waals surface area contributed by atoms with E-state index in [1.165, 1.54) is 6.20 Å². The molecule has 19 heavy (non-hydrogen) atoms. The molecule has 0 N–H and O–H groups in total. The van der Waals surface area contributed by atoms with Gasteiger partial charge in [-0.05, 0) is 18.8 Å². The summed E-state index contributed by atoms with van der Waals surface area (Å²) in [5, 5.41) is 4.08. The van der Waals surface area contributed by atoms with Crippen LogP contribution in [0.15, 0.2) is 17.3 Å². The Labute approximate surface area is 119 Å². The highest BCUT2D eigenvalue weighted by Gasteiger charge is 2.32. The molecule has 0 aliphatic carbocycles. The van der Waals surface area contributed by atoms with Gasteiger partial charge >= 0.3 is 0 Å². The zero-order valence-electron chi connectivity index (χ0n) is 11.1. The van der Waals surface area contributed by atoms with E-state index in [1.807, 2.05) is 0 Å². The first kappa shape index (κ1) is 14.8. The van der Waals surface area contributed by atoms with Gasteiger partial charge in [-0.15, -0.1) is 11.6 Å². The van der Waals surface area contributed by atoms with Gasteiger partial charge in [-0.3, -0.25) is 4.68 Å². The Bertz CT molecular complexity index is 515. The number of hydrogen-bond acceptors (Lipinski definition) is 3. The number of hydrogen-bond donors (Lipinski definition) is 0. The maximum Gasteiger partial charge on any atom is 0.246 e. The molecule has 0 radical (unpaired) electrons. The van der Waals surface area contributed by atoms with E-state index < -0.39 is 10.0 Å². The van der Waals surface area contributed by atoms with Crippen LogP contribution in [0.25, 0.3) is 0 Å². The van der Waals surface area contributed by atoms with E-state index in [1.54, 1.807) is 15.2 Å². The van der Waals surface area contributed by atoms with Crippen molar-refractivity contribution < 1.29 is 8.42 Å². The molecule has 1 unspecified atom stereocenters. The third-order valence-electron chi connectivity index (χ3n) is 3.59. The molecule has 0 saturated carbocycles. The fourth-order valence-corrected chi connectivity index (χ4v) is 3.93.